The molecule has 0 aliphatic rings. The quantitative estimate of drug-likeness (QED) is 0.877. The Morgan fingerprint density at radius 3 is 2.82 bits per heavy atom. The normalized spacial score (nSPS) is 11.9. The third-order valence-electron chi connectivity index (χ3n) is 2.92. The van der Waals surface area contributed by atoms with Crippen LogP contribution in [0.4, 0.5) is 0 Å². The van der Waals surface area contributed by atoms with Crippen LogP contribution in [-0.4, -0.2) is 25.6 Å². The van der Waals surface area contributed by atoms with E-state index >= 15 is 0 Å². The molecule has 1 N–H and O–H groups in total. The maximum absolute atomic E-state index is 10.6. The molecule has 0 saturated heterocycles. The first-order valence-corrected chi connectivity index (χ1v) is 5.51. The number of aromatic nitrogens is 3. The van der Waals surface area contributed by atoms with E-state index in [4.69, 9.17) is 5.11 Å². The van der Waals surface area contributed by atoms with Crippen LogP contribution in [0.3, 0.4) is 0 Å². The smallest absolute Gasteiger partial charge is 0.303 e. The lowest BCUT2D eigenvalue weighted by Gasteiger charge is -2.26. The summed E-state index contributed by atoms with van der Waals surface area (Å²) in [6.45, 7) is 4.01. The Bertz CT molecular complexity index is 545. The van der Waals surface area contributed by atoms with E-state index in [1.165, 1.54) is 0 Å². The van der Waals surface area contributed by atoms with Crippen LogP contribution in [0, 0.1) is 0 Å². The van der Waals surface area contributed by atoms with Crippen LogP contribution in [0.2, 0.25) is 0 Å². The molecule has 2 heterocycles. The summed E-state index contributed by atoms with van der Waals surface area (Å²) in [6.07, 6.45) is 5.91. The molecular formula is C12H15N3O2. The molecule has 0 amide bonds. The highest BCUT2D eigenvalue weighted by molar-refractivity contribution is 5.71. The molecule has 0 atom stereocenters. The van der Waals surface area contributed by atoms with Gasteiger partial charge >= 0.3 is 5.97 Å². The van der Waals surface area contributed by atoms with Gasteiger partial charge in [0, 0.05) is 30.6 Å². The predicted molar refractivity (Wildman–Crippen MR) is 63.7 cm³/mol. The number of rotatable bonds is 4. The molecule has 0 bridgehead atoms. The number of carboxylic acid groups (broad SMARTS) is 1. The third-order valence-corrected chi connectivity index (χ3v) is 2.92. The molecule has 2 aromatic rings. The van der Waals surface area contributed by atoms with Gasteiger partial charge in [-0.1, -0.05) is 0 Å². The molecule has 0 fully saturated rings. The minimum absolute atomic E-state index is 0.146. The number of carbonyl (C=O) groups is 1. The first kappa shape index (κ1) is 11.6. The molecule has 2 rings (SSSR count). The highest BCUT2D eigenvalue weighted by atomic mass is 16.4. The van der Waals surface area contributed by atoms with E-state index in [1.807, 2.05) is 30.7 Å². The molecule has 2 aromatic heterocycles. The van der Waals surface area contributed by atoms with Gasteiger partial charge in [-0.15, -0.1) is 0 Å². The topological polar surface area (TPSA) is 68.0 Å². The molecular weight excluding hydrogens is 218 g/mol. The SMILES string of the molecule is CC(C)(CCC(=O)O)n1ccc2nccnc21. The van der Waals surface area contributed by atoms with Gasteiger partial charge in [0.25, 0.3) is 0 Å². The zero-order valence-corrected chi connectivity index (χ0v) is 9.92. The van der Waals surface area contributed by atoms with Gasteiger partial charge in [0.2, 0.25) is 0 Å². The van der Waals surface area contributed by atoms with Crippen LogP contribution in [0.1, 0.15) is 26.7 Å². The van der Waals surface area contributed by atoms with E-state index in [1.54, 1.807) is 12.4 Å². The van der Waals surface area contributed by atoms with E-state index in [9.17, 15) is 4.79 Å². The first-order valence-electron chi connectivity index (χ1n) is 5.51. The lowest BCUT2D eigenvalue weighted by molar-refractivity contribution is -0.137. The largest absolute Gasteiger partial charge is 0.481 e. The molecule has 0 saturated carbocycles. The summed E-state index contributed by atoms with van der Waals surface area (Å²) in [5, 5.41) is 8.75. The molecule has 0 aliphatic carbocycles. The molecule has 0 unspecified atom stereocenters. The summed E-state index contributed by atoms with van der Waals surface area (Å²) in [7, 11) is 0. The van der Waals surface area contributed by atoms with Gasteiger partial charge in [0.05, 0.1) is 0 Å². The van der Waals surface area contributed by atoms with Crippen molar-refractivity contribution >= 4 is 17.1 Å². The summed E-state index contributed by atoms with van der Waals surface area (Å²) >= 11 is 0. The number of nitrogens with zero attached hydrogens (tertiary/aromatic N) is 3. The maximum atomic E-state index is 10.6. The van der Waals surface area contributed by atoms with Crippen molar-refractivity contribution in [1.82, 2.24) is 14.5 Å². The monoisotopic (exact) mass is 233 g/mol. The Hall–Kier alpha value is -1.91. The van der Waals surface area contributed by atoms with Gasteiger partial charge in [0.1, 0.15) is 5.52 Å². The molecule has 5 nitrogen and oxygen atoms in total. The molecule has 0 spiro atoms. The van der Waals surface area contributed by atoms with Crippen LogP contribution in [-0.2, 0) is 10.3 Å². The number of hydrogen-bond acceptors (Lipinski definition) is 3. The summed E-state index contributed by atoms with van der Waals surface area (Å²) in [4.78, 5) is 19.1. The maximum Gasteiger partial charge on any atom is 0.303 e. The van der Waals surface area contributed by atoms with E-state index in [0.29, 0.717) is 6.42 Å². The minimum atomic E-state index is -0.777. The summed E-state index contributed by atoms with van der Waals surface area (Å²) in [6, 6.07) is 1.89. The Balaban J connectivity index is 2.35. The Kier molecular flexibility index (Phi) is 2.83. The van der Waals surface area contributed by atoms with Crippen molar-refractivity contribution in [2.24, 2.45) is 0 Å². The predicted octanol–water partition coefficient (Wildman–Crippen LogP) is 2.03. The molecule has 5 heteroatoms. The zero-order valence-electron chi connectivity index (χ0n) is 9.92. The number of carboxylic acids is 1. The van der Waals surface area contributed by atoms with E-state index in [2.05, 4.69) is 9.97 Å². The Labute approximate surface area is 99.1 Å². The standard InChI is InChI=1S/C12H15N3O2/c1-12(2,5-3-10(16)17)15-8-4-9-11(15)14-7-6-13-9/h4,6-8H,3,5H2,1-2H3,(H,16,17). The molecule has 90 valence electrons. The van der Waals surface area contributed by atoms with Crippen molar-refractivity contribution in [3.63, 3.8) is 0 Å². The van der Waals surface area contributed by atoms with Crippen LogP contribution in [0.5, 0.6) is 0 Å². The van der Waals surface area contributed by atoms with Gasteiger partial charge in [-0.25, -0.2) is 4.98 Å². The molecule has 0 aliphatic heterocycles. The molecule has 0 radical (unpaired) electrons. The highest BCUT2D eigenvalue weighted by Crippen LogP contribution is 2.25. The summed E-state index contributed by atoms with van der Waals surface area (Å²) < 4.78 is 1.98. The second-order valence-corrected chi connectivity index (χ2v) is 4.66. The third kappa shape index (κ3) is 2.27. The minimum Gasteiger partial charge on any atom is -0.481 e. The lowest BCUT2D eigenvalue weighted by Crippen LogP contribution is -2.26. The Morgan fingerprint density at radius 1 is 1.41 bits per heavy atom. The Morgan fingerprint density at radius 2 is 2.12 bits per heavy atom. The average Bonchev–Trinajstić information content (AvgIpc) is 2.71. The molecule has 0 aromatic carbocycles. The fraction of sp³-hybridized carbons (Fsp3) is 0.417. The van der Waals surface area contributed by atoms with Crippen LogP contribution in [0.25, 0.3) is 11.2 Å². The fourth-order valence-corrected chi connectivity index (χ4v) is 1.88. The zero-order chi connectivity index (χ0) is 12.5. The van der Waals surface area contributed by atoms with Crippen molar-refractivity contribution in [3.8, 4) is 0 Å². The van der Waals surface area contributed by atoms with Crippen LogP contribution in [0.15, 0.2) is 24.7 Å². The van der Waals surface area contributed by atoms with Crippen molar-refractivity contribution in [3.05, 3.63) is 24.7 Å². The lowest BCUT2D eigenvalue weighted by atomic mass is 9.98. The van der Waals surface area contributed by atoms with Crippen molar-refractivity contribution in [2.75, 3.05) is 0 Å². The second-order valence-electron chi connectivity index (χ2n) is 4.66. The number of aliphatic carboxylic acids is 1. The average molecular weight is 233 g/mol. The first-order chi connectivity index (χ1) is 8.00. The summed E-state index contributed by atoms with van der Waals surface area (Å²) in [5.74, 6) is -0.777. The van der Waals surface area contributed by atoms with Gasteiger partial charge in [0.15, 0.2) is 5.65 Å². The van der Waals surface area contributed by atoms with Gasteiger partial charge in [-0.05, 0) is 26.3 Å². The summed E-state index contributed by atoms with van der Waals surface area (Å²) in [5.41, 5.74) is 1.34. The van der Waals surface area contributed by atoms with Crippen LogP contribution < -0.4 is 0 Å². The van der Waals surface area contributed by atoms with E-state index in [-0.39, 0.29) is 12.0 Å². The number of hydrogen-bond donors (Lipinski definition) is 1. The van der Waals surface area contributed by atoms with E-state index in [0.717, 1.165) is 11.2 Å². The van der Waals surface area contributed by atoms with Gasteiger partial charge in [-0.3, -0.25) is 9.78 Å². The van der Waals surface area contributed by atoms with Crippen LogP contribution >= 0.6 is 0 Å². The van der Waals surface area contributed by atoms with Crippen molar-refractivity contribution < 1.29 is 9.90 Å². The van der Waals surface area contributed by atoms with Crippen molar-refractivity contribution in [2.45, 2.75) is 32.2 Å². The highest BCUT2D eigenvalue weighted by Gasteiger charge is 2.23. The fourth-order valence-electron chi connectivity index (χ4n) is 1.88. The van der Waals surface area contributed by atoms with E-state index < -0.39 is 5.97 Å². The second kappa shape index (κ2) is 4.16. The van der Waals surface area contributed by atoms with Gasteiger partial charge < -0.3 is 9.67 Å². The number of fused-ring (bicyclic) bond motifs is 1. The van der Waals surface area contributed by atoms with Crippen molar-refractivity contribution in [1.29, 1.82) is 0 Å². The molecule has 17 heavy (non-hydrogen) atoms. The van der Waals surface area contributed by atoms with Gasteiger partial charge in [-0.2, -0.15) is 0 Å².